The van der Waals surface area contributed by atoms with Crippen molar-refractivity contribution in [1.29, 1.82) is 0 Å². The Hall–Kier alpha value is -4.15. The number of imidazole rings is 1. The van der Waals surface area contributed by atoms with Crippen molar-refractivity contribution in [2.24, 2.45) is 5.92 Å². The Kier molecular flexibility index (Phi) is 6.34. The molecule has 3 aromatic heterocycles. The van der Waals surface area contributed by atoms with Gasteiger partial charge in [0.05, 0.1) is 16.8 Å². The SMILES string of the molecule is CC(C)CN1CCc2nc(NC(=O)c3cccc4[nH]c(NC(=O)c5cc6ccccc6cn5)nc34)sc2C1. The maximum atomic E-state index is 13.2. The molecule has 0 unspecified atom stereocenters. The van der Waals surface area contributed by atoms with Crippen LogP contribution < -0.4 is 10.6 Å². The third-order valence-corrected chi connectivity index (χ3v) is 7.50. The van der Waals surface area contributed by atoms with Gasteiger partial charge in [-0.2, -0.15) is 0 Å². The second-order valence-electron chi connectivity index (χ2n) is 9.88. The predicted octanol–water partition coefficient (Wildman–Crippen LogP) is 5.09. The van der Waals surface area contributed by atoms with Gasteiger partial charge in [-0.05, 0) is 29.5 Å². The summed E-state index contributed by atoms with van der Waals surface area (Å²) in [7, 11) is 0. The van der Waals surface area contributed by atoms with Gasteiger partial charge in [-0.25, -0.2) is 9.97 Å². The molecule has 1 aliphatic heterocycles. The molecular formula is C28H27N7O2S. The molecule has 2 amide bonds. The number of carbonyl (C=O) groups is 2. The fraction of sp³-hybridized carbons (Fsp3) is 0.250. The van der Waals surface area contributed by atoms with Crippen molar-refractivity contribution in [2.75, 3.05) is 23.7 Å². The summed E-state index contributed by atoms with van der Waals surface area (Å²) in [6.45, 7) is 7.35. The van der Waals surface area contributed by atoms with Crippen LogP contribution in [0.4, 0.5) is 11.1 Å². The van der Waals surface area contributed by atoms with Gasteiger partial charge < -0.3 is 4.98 Å². The van der Waals surface area contributed by atoms with E-state index < -0.39 is 0 Å². The molecule has 0 atom stereocenters. The minimum atomic E-state index is -0.388. The number of para-hydroxylation sites is 1. The monoisotopic (exact) mass is 525 g/mol. The second-order valence-corrected chi connectivity index (χ2v) is 11.0. The van der Waals surface area contributed by atoms with Gasteiger partial charge in [0.15, 0.2) is 5.13 Å². The Morgan fingerprint density at radius 1 is 1.05 bits per heavy atom. The first-order chi connectivity index (χ1) is 18.4. The van der Waals surface area contributed by atoms with Gasteiger partial charge in [-0.3, -0.25) is 30.1 Å². The maximum Gasteiger partial charge on any atom is 0.276 e. The van der Waals surface area contributed by atoms with Crippen LogP contribution in [0.2, 0.25) is 0 Å². The number of anilines is 2. The molecule has 38 heavy (non-hydrogen) atoms. The Balaban J connectivity index is 1.19. The van der Waals surface area contributed by atoms with E-state index in [0.717, 1.165) is 42.5 Å². The minimum Gasteiger partial charge on any atom is -0.324 e. The van der Waals surface area contributed by atoms with Gasteiger partial charge in [-0.1, -0.05) is 44.2 Å². The molecule has 3 N–H and O–H groups in total. The zero-order chi connectivity index (χ0) is 26.2. The van der Waals surface area contributed by atoms with E-state index in [1.165, 1.54) is 16.2 Å². The number of nitrogens with zero attached hydrogens (tertiary/aromatic N) is 4. The topological polar surface area (TPSA) is 116 Å². The molecule has 2 aromatic carbocycles. The van der Waals surface area contributed by atoms with Crippen molar-refractivity contribution in [2.45, 2.75) is 26.8 Å². The van der Waals surface area contributed by atoms with E-state index in [-0.39, 0.29) is 23.5 Å². The van der Waals surface area contributed by atoms with Gasteiger partial charge in [-0.15, -0.1) is 11.3 Å². The van der Waals surface area contributed by atoms with Crippen molar-refractivity contribution in [3.63, 3.8) is 0 Å². The highest BCUT2D eigenvalue weighted by Crippen LogP contribution is 2.29. The number of H-pyrrole nitrogens is 1. The standard InChI is InChI=1S/C28H27N7O2S/c1-16(2)14-35-11-10-20-23(15-35)38-28(31-20)34-25(36)19-8-5-9-21-24(19)32-27(30-21)33-26(37)22-12-17-6-3-4-7-18(17)13-29-22/h3-9,12-13,16H,10-11,14-15H2,1-2H3,(H,31,34,36)(H2,30,32,33,37). The number of aromatic nitrogens is 4. The largest absolute Gasteiger partial charge is 0.324 e. The first-order valence-corrected chi connectivity index (χ1v) is 13.4. The molecule has 0 spiro atoms. The molecular weight excluding hydrogens is 498 g/mol. The fourth-order valence-electron chi connectivity index (χ4n) is 4.79. The van der Waals surface area contributed by atoms with Gasteiger partial charge in [0.2, 0.25) is 5.95 Å². The maximum absolute atomic E-state index is 13.2. The van der Waals surface area contributed by atoms with Crippen molar-refractivity contribution >= 4 is 56.0 Å². The van der Waals surface area contributed by atoms with E-state index in [9.17, 15) is 9.59 Å². The van der Waals surface area contributed by atoms with Crippen LogP contribution in [0.3, 0.4) is 0 Å². The third-order valence-electron chi connectivity index (χ3n) is 6.51. The summed E-state index contributed by atoms with van der Waals surface area (Å²) < 4.78 is 0. The van der Waals surface area contributed by atoms with Crippen LogP contribution in [0.5, 0.6) is 0 Å². The summed E-state index contributed by atoms with van der Waals surface area (Å²) in [5.74, 6) is 0.175. The van der Waals surface area contributed by atoms with Crippen molar-refractivity contribution in [3.8, 4) is 0 Å². The predicted molar refractivity (Wildman–Crippen MR) is 150 cm³/mol. The average Bonchev–Trinajstić information content (AvgIpc) is 3.50. The number of hydrogen-bond acceptors (Lipinski definition) is 7. The number of carbonyl (C=O) groups excluding carboxylic acids is 2. The lowest BCUT2D eigenvalue weighted by molar-refractivity contribution is 0.101. The normalized spacial score (nSPS) is 13.7. The van der Waals surface area contributed by atoms with E-state index in [0.29, 0.717) is 27.6 Å². The van der Waals surface area contributed by atoms with Crippen LogP contribution in [-0.2, 0) is 13.0 Å². The molecule has 0 bridgehead atoms. The lowest BCUT2D eigenvalue weighted by Gasteiger charge is -2.27. The van der Waals surface area contributed by atoms with Crippen molar-refractivity contribution in [3.05, 3.63) is 76.6 Å². The summed E-state index contributed by atoms with van der Waals surface area (Å²) in [5.41, 5.74) is 2.86. The van der Waals surface area contributed by atoms with E-state index in [4.69, 9.17) is 0 Å². The summed E-state index contributed by atoms with van der Waals surface area (Å²) in [4.78, 5) is 46.2. The number of fused-ring (bicyclic) bond motifs is 3. The third kappa shape index (κ3) is 4.88. The van der Waals surface area contributed by atoms with Crippen LogP contribution >= 0.6 is 11.3 Å². The summed E-state index contributed by atoms with van der Waals surface area (Å²) in [6.07, 6.45) is 2.56. The Labute approximate surface area is 223 Å². The van der Waals surface area contributed by atoms with Gasteiger partial charge in [0.1, 0.15) is 11.2 Å². The number of nitrogens with one attached hydrogen (secondary N) is 3. The van der Waals surface area contributed by atoms with Crippen LogP contribution in [0.1, 0.15) is 45.3 Å². The molecule has 0 fully saturated rings. The van der Waals surface area contributed by atoms with E-state index in [2.05, 4.69) is 49.3 Å². The highest BCUT2D eigenvalue weighted by atomic mass is 32.1. The van der Waals surface area contributed by atoms with Crippen LogP contribution in [-0.4, -0.2) is 49.7 Å². The minimum absolute atomic E-state index is 0.246. The van der Waals surface area contributed by atoms with Gasteiger partial charge in [0.25, 0.3) is 11.8 Å². The molecule has 6 rings (SSSR count). The number of benzene rings is 2. The molecule has 0 saturated heterocycles. The quantitative estimate of drug-likeness (QED) is 0.285. The second kappa shape index (κ2) is 9.96. The van der Waals surface area contributed by atoms with Gasteiger partial charge in [0, 0.05) is 42.5 Å². The highest BCUT2D eigenvalue weighted by Gasteiger charge is 2.23. The highest BCUT2D eigenvalue weighted by molar-refractivity contribution is 7.15. The molecule has 0 radical (unpaired) electrons. The molecule has 0 saturated carbocycles. The Morgan fingerprint density at radius 2 is 1.89 bits per heavy atom. The molecule has 10 heteroatoms. The fourth-order valence-corrected chi connectivity index (χ4v) is 5.84. The number of pyridine rings is 1. The summed E-state index contributed by atoms with van der Waals surface area (Å²) >= 11 is 1.53. The van der Waals surface area contributed by atoms with E-state index in [1.807, 2.05) is 30.3 Å². The zero-order valence-electron chi connectivity index (χ0n) is 21.1. The lowest BCUT2D eigenvalue weighted by Crippen LogP contribution is -2.32. The van der Waals surface area contributed by atoms with E-state index >= 15 is 0 Å². The smallest absolute Gasteiger partial charge is 0.276 e. The Morgan fingerprint density at radius 3 is 2.74 bits per heavy atom. The first kappa shape index (κ1) is 24.2. The summed E-state index contributed by atoms with van der Waals surface area (Å²) in [5, 5.41) is 8.19. The average molecular weight is 526 g/mol. The van der Waals surface area contributed by atoms with Gasteiger partial charge >= 0.3 is 0 Å². The number of hydrogen-bond donors (Lipinski definition) is 3. The summed E-state index contributed by atoms with van der Waals surface area (Å²) in [6, 6.07) is 14.8. The Bertz CT molecular complexity index is 1670. The molecule has 1 aliphatic rings. The molecule has 0 aliphatic carbocycles. The number of rotatable bonds is 6. The molecule has 9 nitrogen and oxygen atoms in total. The van der Waals surface area contributed by atoms with Crippen molar-refractivity contribution < 1.29 is 9.59 Å². The zero-order valence-corrected chi connectivity index (χ0v) is 21.9. The van der Waals surface area contributed by atoms with Crippen LogP contribution in [0.15, 0.2) is 54.7 Å². The molecule has 5 aromatic rings. The number of aromatic amines is 1. The van der Waals surface area contributed by atoms with Crippen LogP contribution in [0.25, 0.3) is 21.8 Å². The number of thiazole rings is 1. The van der Waals surface area contributed by atoms with Crippen LogP contribution in [0, 0.1) is 5.92 Å². The lowest BCUT2D eigenvalue weighted by atomic mass is 10.1. The number of amides is 2. The molecule has 4 heterocycles. The van der Waals surface area contributed by atoms with Crippen molar-refractivity contribution in [1.82, 2.24) is 24.8 Å². The van der Waals surface area contributed by atoms with E-state index in [1.54, 1.807) is 24.4 Å². The molecule has 192 valence electrons. The first-order valence-electron chi connectivity index (χ1n) is 12.6.